The van der Waals surface area contributed by atoms with Gasteiger partial charge in [-0.25, -0.2) is 0 Å². The lowest BCUT2D eigenvalue weighted by Gasteiger charge is -2.11. The summed E-state index contributed by atoms with van der Waals surface area (Å²) in [4.78, 5) is 12.4. The maximum atomic E-state index is 12.4. The van der Waals surface area contributed by atoms with Crippen LogP contribution in [-0.2, 0) is 11.8 Å². The average Bonchev–Trinajstić information content (AvgIpc) is 3.12. The van der Waals surface area contributed by atoms with Crippen LogP contribution < -0.4 is 19.5 Å². The first-order valence-electron chi connectivity index (χ1n) is 8.84. The number of thioether (sulfide) groups is 1. The zero-order valence-corrected chi connectivity index (χ0v) is 18.5. The SMILES string of the molecule is COc1ccc(NC(=O)CSc2nnc(-c3cc(Cl)ccc3OC)n2C)c(OC)c1. The molecule has 1 amide bonds. The average molecular weight is 449 g/mol. The van der Waals surface area contributed by atoms with E-state index in [-0.39, 0.29) is 11.7 Å². The Morgan fingerprint density at radius 3 is 2.53 bits per heavy atom. The van der Waals surface area contributed by atoms with Gasteiger partial charge < -0.3 is 24.1 Å². The Labute approximate surface area is 183 Å². The van der Waals surface area contributed by atoms with Crippen LogP contribution in [-0.4, -0.2) is 47.8 Å². The lowest BCUT2D eigenvalue weighted by atomic mass is 10.2. The zero-order chi connectivity index (χ0) is 21.7. The maximum Gasteiger partial charge on any atom is 0.234 e. The molecule has 0 unspecified atom stereocenters. The molecule has 0 saturated carbocycles. The molecule has 0 fully saturated rings. The minimum Gasteiger partial charge on any atom is -0.497 e. The van der Waals surface area contributed by atoms with Crippen molar-refractivity contribution >= 4 is 35.0 Å². The summed E-state index contributed by atoms with van der Waals surface area (Å²) < 4.78 is 17.7. The summed E-state index contributed by atoms with van der Waals surface area (Å²) in [5, 5.41) is 12.4. The van der Waals surface area contributed by atoms with E-state index < -0.39 is 0 Å². The minimum atomic E-state index is -0.201. The number of anilines is 1. The molecule has 0 aliphatic heterocycles. The van der Waals surface area contributed by atoms with Gasteiger partial charge in [-0.2, -0.15) is 0 Å². The smallest absolute Gasteiger partial charge is 0.234 e. The van der Waals surface area contributed by atoms with Crippen LogP contribution in [0.1, 0.15) is 0 Å². The lowest BCUT2D eigenvalue weighted by molar-refractivity contribution is -0.113. The third kappa shape index (κ3) is 4.80. The molecule has 0 bridgehead atoms. The van der Waals surface area contributed by atoms with Crippen LogP contribution in [0.15, 0.2) is 41.6 Å². The Morgan fingerprint density at radius 1 is 1.07 bits per heavy atom. The van der Waals surface area contributed by atoms with Crippen molar-refractivity contribution in [2.75, 3.05) is 32.4 Å². The molecule has 0 aliphatic carbocycles. The second-order valence-corrected chi connectivity index (χ2v) is 7.49. The van der Waals surface area contributed by atoms with Crippen molar-refractivity contribution in [1.82, 2.24) is 14.8 Å². The molecule has 3 rings (SSSR count). The molecule has 30 heavy (non-hydrogen) atoms. The molecular formula is C20H21ClN4O4S. The molecule has 0 saturated heterocycles. The van der Waals surface area contributed by atoms with Crippen LogP contribution in [0.4, 0.5) is 5.69 Å². The van der Waals surface area contributed by atoms with Crippen LogP contribution in [0.2, 0.25) is 5.02 Å². The number of hydrogen-bond acceptors (Lipinski definition) is 7. The quantitative estimate of drug-likeness (QED) is 0.523. The largest absolute Gasteiger partial charge is 0.497 e. The number of methoxy groups -OCH3 is 3. The lowest BCUT2D eigenvalue weighted by Crippen LogP contribution is -2.15. The van der Waals surface area contributed by atoms with Gasteiger partial charge in [-0.05, 0) is 30.3 Å². The van der Waals surface area contributed by atoms with E-state index in [2.05, 4.69) is 15.5 Å². The van der Waals surface area contributed by atoms with Crippen molar-refractivity contribution < 1.29 is 19.0 Å². The second kappa shape index (κ2) is 9.73. The van der Waals surface area contributed by atoms with E-state index in [1.807, 2.05) is 7.05 Å². The summed E-state index contributed by atoms with van der Waals surface area (Å²) in [6, 6.07) is 10.5. The number of benzene rings is 2. The van der Waals surface area contributed by atoms with E-state index in [1.165, 1.54) is 18.9 Å². The highest BCUT2D eigenvalue weighted by Gasteiger charge is 2.17. The fourth-order valence-corrected chi connectivity index (χ4v) is 3.63. The second-order valence-electron chi connectivity index (χ2n) is 6.11. The number of rotatable bonds is 8. The number of hydrogen-bond donors (Lipinski definition) is 1. The highest BCUT2D eigenvalue weighted by atomic mass is 35.5. The summed E-state index contributed by atoms with van der Waals surface area (Å²) in [5.41, 5.74) is 1.28. The Morgan fingerprint density at radius 2 is 1.83 bits per heavy atom. The van der Waals surface area contributed by atoms with Crippen LogP contribution >= 0.6 is 23.4 Å². The fraction of sp³-hybridized carbons (Fsp3) is 0.250. The minimum absolute atomic E-state index is 0.147. The van der Waals surface area contributed by atoms with Gasteiger partial charge >= 0.3 is 0 Å². The van der Waals surface area contributed by atoms with E-state index in [1.54, 1.807) is 55.2 Å². The number of ether oxygens (including phenoxy) is 3. The zero-order valence-electron chi connectivity index (χ0n) is 16.9. The highest BCUT2D eigenvalue weighted by Crippen LogP contribution is 2.33. The summed E-state index contributed by atoms with van der Waals surface area (Å²) in [6.45, 7) is 0. The predicted molar refractivity (Wildman–Crippen MR) is 117 cm³/mol. The predicted octanol–water partition coefficient (Wildman–Crippen LogP) is 3.89. The molecule has 0 atom stereocenters. The van der Waals surface area contributed by atoms with Crippen LogP contribution in [0.3, 0.4) is 0 Å². The summed E-state index contributed by atoms with van der Waals surface area (Å²) in [7, 11) is 6.50. The normalized spacial score (nSPS) is 10.6. The fourth-order valence-electron chi connectivity index (χ4n) is 2.75. The van der Waals surface area contributed by atoms with E-state index in [9.17, 15) is 4.79 Å². The summed E-state index contributed by atoms with van der Waals surface area (Å²) in [6.07, 6.45) is 0. The van der Waals surface area contributed by atoms with Gasteiger partial charge in [-0.1, -0.05) is 23.4 Å². The number of carbonyl (C=O) groups excluding carboxylic acids is 1. The van der Waals surface area contributed by atoms with Gasteiger partial charge in [0.15, 0.2) is 11.0 Å². The molecule has 0 radical (unpaired) electrons. The molecule has 0 aliphatic rings. The number of amides is 1. The number of carbonyl (C=O) groups is 1. The number of aromatic nitrogens is 3. The Bertz CT molecular complexity index is 1060. The van der Waals surface area contributed by atoms with Crippen molar-refractivity contribution in [2.24, 2.45) is 7.05 Å². The van der Waals surface area contributed by atoms with E-state index >= 15 is 0 Å². The molecule has 1 heterocycles. The van der Waals surface area contributed by atoms with Gasteiger partial charge in [-0.3, -0.25) is 4.79 Å². The van der Waals surface area contributed by atoms with E-state index in [4.69, 9.17) is 25.8 Å². The number of nitrogens with zero attached hydrogens (tertiary/aromatic N) is 3. The Kier molecular flexibility index (Phi) is 7.07. The molecule has 3 aromatic rings. The molecule has 0 spiro atoms. The first-order chi connectivity index (χ1) is 14.5. The number of halogens is 1. The van der Waals surface area contributed by atoms with Crippen molar-refractivity contribution in [3.05, 3.63) is 41.4 Å². The molecule has 2 aromatic carbocycles. The van der Waals surface area contributed by atoms with Crippen molar-refractivity contribution in [3.63, 3.8) is 0 Å². The van der Waals surface area contributed by atoms with Crippen LogP contribution in [0, 0.1) is 0 Å². The summed E-state index contributed by atoms with van der Waals surface area (Å²) in [5.74, 6) is 2.33. The first kappa shape index (κ1) is 21.8. The molecule has 158 valence electrons. The third-order valence-corrected chi connectivity index (χ3v) is 5.51. The summed E-state index contributed by atoms with van der Waals surface area (Å²) >= 11 is 7.38. The number of nitrogens with one attached hydrogen (secondary N) is 1. The monoisotopic (exact) mass is 448 g/mol. The van der Waals surface area contributed by atoms with Gasteiger partial charge in [0.2, 0.25) is 5.91 Å². The molecule has 10 heteroatoms. The molecule has 1 aromatic heterocycles. The van der Waals surface area contributed by atoms with Crippen LogP contribution in [0.5, 0.6) is 17.2 Å². The van der Waals surface area contributed by atoms with Gasteiger partial charge in [0.25, 0.3) is 0 Å². The Hall–Kier alpha value is -2.91. The van der Waals surface area contributed by atoms with E-state index in [0.29, 0.717) is 38.9 Å². The van der Waals surface area contributed by atoms with Crippen molar-refractivity contribution in [1.29, 1.82) is 0 Å². The van der Waals surface area contributed by atoms with Crippen molar-refractivity contribution in [2.45, 2.75) is 5.16 Å². The molecular weight excluding hydrogens is 428 g/mol. The topological polar surface area (TPSA) is 87.5 Å². The molecule has 8 nitrogen and oxygen atoms in total. The van der Waals surface area contributed by atoms with E-state index in [0.717, 1.165) is 5.56 Å². The van der Waals surface area contributed by atoms with Crippen LogP contribution in [0.25, 0.3) is 11.4 Å². The van der Waals surface area contributed by atoms with Gasteiger partial charge in [-0.15, -0.1) is 10.2 Å². The van der Waals surface area contributed by atoms with Gasteiger partial charge in [0.1, 0.15) is 17.2 Å². The Balaban J connectivity index is 1.70. The highest BCUT2D eigenvalue weighted by molar-refractivity contribution is 7.99. The molecule has 1 N–H and O–H groups in total. The third-order valence-electron chi connectivity index (χ3n) is 4.25. The maximum absolute atomic E-state index is 12.4. The van der Waals surface area contributed by atoms with Crippen molar-refractivity contribution in [3.8, 4) is 28.6 Å². The first-order valence-corrected chi connectivity index (χ1v) is 10.2. The van der Waals surface area contributed by atoms with Gasteiger partial charge in [0, 0.05) is 18.1 Å². The standard InChI is InChI=1S/C20H21ClN4O4S/c1-25-19(14-9-12(21)5-8-16(14)28-3)23-24-20(25)30-11-18(26)22-15-7-6-13(27-2)10-17(15)29-4/h5-10H,11H2,1-4H3,(H,22,26). The van der Waals surface area contributed by atoms with Gasteiger partial charge in [0.05, 0.1) is 38.3 Å².